The van der Waals surface area contributed by atoms with Crippen molar-refractivity contribution < 1.29 is 14.6 Å². The van der Waals surface area contributed by atoms with E-state index in [4.69, 9.17) is 14.6 Å². The molecule has 0 aromatic rings. The highest BCUT2D eigenvalue weighted by atomic mass is 16.7. The smallest absolute Gasteiger partial charge is 0.163 e. The van der Waals surface area contributed by atoms with Crippen LogP contribution in [0.3, 0.4) is 0 Å². The summed E-state index contributed by atoms with van der Waals surface area (Å²) in [6.07, 6.45) is -0.179. The van der Waals surface area contributed by atoms with Crippen LogP contribution in [-0.2, 0) is 9.47 Å². The molecule has 0 radical (unpaired) electrons. The minimum Gasteiger partial charge on any atom is -0.394 e. The van der Waals surface area contributed by atoms with Gasteiger partial charge in [-0.2, -0.15) is 0 Å². The fraction of sp³-hybridized carbons (Fsp3) is 0.800. The summed E-state index contributed by atoms with van der Waals surface area (Å²) in [7, 11) is 0. The first kappa shape index (κ1) is 10.7. The van der Waals surface area contributed by atoms with Crippen molar-refractivity contribution in [2.45, 2.75) is 32.7 Å². The van der Waals surface area contributed by atoms with E-state index in [1.54, 1.807) is 0 Å². The molecule has 3 heteroatoms. The summed E-state index contributed by atoms with van der Waals surface area (Å²) in [6.45, 7) is 10.1. The second-order valence-corrected chi connectivity index (χ2v) is 4.00. The molecule has 0 bridgehead atoms. The Morgan fingerprint density at radius 3 is 2.69 bits per heavy atom. The molecule has 0 spiro atoms. The lowest BCUT2D eigenvalue weighted by molar-refractivity contribution is -0.292. The lowest BCUT2D eigenvalue weighted by atomic mass is 9.95. The van der Waals surface area contributed by atoms with Gasteiger partial charge in [0, 0.05) is 5.92 Å². The van der Waals surface area contributed by atoms with E-state index >= 15 is 0 Å². The van der Waals surface area contributed by atoms with Crippen LogP contribution in [0, 0.1) is 5.92 Å². The van der Waals surface area contributed by atoms with E-state index in [0.717, 1.165) is 5.57 Å². The van der Waals surface area contributed by atoms with Gasteiger partial charge in [0.15, 0.2) is 5.79 Å². The average Bonchev–Trinajstić information content (AvgIpc) is 2.01. The third-order valence-corrected chi connectivity index (χ3v) is 2.31. The summed E-state index contributed by atoms with van der Waals surface area (Å²) in [6, 6.07) is 0. The van der Waals surface area contributed by atoms with E-state index in [1.165, 1.54) is 0 Å². The number of ether oxygens (including phenoxy) is 2. The van der Waals surface area contributed by atoms with Crippen LogP contribution in [0.15, 0.2) is 12.2 Å². The van der Waals surface area contributed by atoms with Gasteiger partial charge < -0.3 is 14.6 Å². The Morgan fingerprint density at radius 1 is 1.62 bits per heavy atom. The monoisotopic (exact) mass is 186 g/mol. The van der Waals surface area contributed by atoms with Crippen molar-refractivity contribution in [2.24, 2.45) is 5.92 Å². The second-order valence-electron chi connectivity index (χ2n) is 4.00. The maximum absolute atomic E-state index is 9.12. The third-order valence-electron chi connectivity index (χ3n) is 2.31. The largest absolute Gasteiger partial charge is 0.394 e. The Kier molecular flexibility index (Phi) is 3.11. The predicted octanol–water partition coefficient (Wildman–Crippen LogP) is 1.32. The molecule has 0 amide bonds. The molecule has 0 saturated carbocycles. The highest BCUT2D eigenvalue weighted by Gasteiger charge is 2.36. The number of aliphatic hydroxyl groups excluding tert-OH is 1. The lowest BCUT2D eigenvalue weighted by Crippen LogP contribution is -2.47. The normalized spacial score (nSPS) is 32.9. The fourth-order valence-electron chi connectivity index (χ4n) is 1.50. The van der Waals surface area contributed by atoms with E-state index in [2.05, 4.69) is 6.58 Å². The Morgan fingerprint density at radius 2 is 2.23 bits per heavy atom. The van der Waals surface area contributed by atoms with Gasteiger partial charge in [-0.15, -0.1) is 0 Å². The van der Waals surface area contributed by atoms with Crippen LogP contribution in [0.5, 0.6) is 0 Å². The quantitative estimate of drug-likeness (QED) is 0.661. The van der Waals surface area contributed by atoms with Gasteiger partial charge in [-0.25, -0.2) is 0 Å². The van der Waals surface area contributed by atoms with Gasteiger partial charge in [0.2, 0.25) is 0 Å². The van der Waals surface area contributed by atoms with Crippen molar-refractivity contribution in [3.8, 4) is 0 Å². The number of rotatable bonds is 2. The molecule has 1 saturated heterocycles. The molecule has 1 heterocycles. The van der Waals surface area contributed by atoms with Crippen LogP contribution in [-0.4, -0.2) is 30.2 Å². The summed E-state index contributed by atoms with van der Waals surface area (Å²) in [5.74, 6) is -0.475. The summed E-state index contributed by atoms with van der Waals surface area (Å²) in [5.41, 5.74) is 0.995. The summed E-state index contributed by atoms with van der Waals surface area (Å²) in [4.78, 5) is 0. The third kappa shape index (κ3) is 2.53. The van der Waals surface area contributed by atoms with Crippen molar-refractivity contribution in [3.05, 3.63) is 12.2 Å². The molecule has 76 valence electrons. The minimum atomic E-state index is -0.584. The zero-order chi connectivity index (χ0) is 10.1. The van der Waals surface area contributed by atoms with E-state index in [9.17, 15) is 0 Å². The van der Waals surface area contributed by atoms with Gasteiger partial charge in [-0.3, -0.25) is 0 Å². The minimum absolute atomic E-state index is 0.0182. The van der Waals surface area contributed by atoms with Crippen LogP contribution in [0.4, 0.5) is 0 Å². The van der Waals surface area contributed by atoms with Crippen molar-refractivity contribution in [2.75, 3.05) is 13.2 Å². The molecule has 1 rings (SSSR count). The first-order valence-electron chi connectivity index (χ1n) is 4.54. The standard InChI is InChI=1S/C10H18O3/c1-7(2)8-6-12-10(3,4)13-9(8)5-11/h8-9,11H,1,5-6H2,2-4H3/t8-,9+/m1/s1. The SMILES string of the molecule is C=C(C)[C@H]1COC(C)(C)O[C@H]1CO. The summed E-state index contributed by atoms with van der Waals surface area (Å²) < 4.78 is 11.0. The molecule has 2 atom stereocenters. The summed E-state index contributed by atoms with van der Waals surface area (Å²) >= 11 is 0. The van der Waals surface area contributed by atoms with Crippen LogP contribution >= 0.6 is 0 Å². The van der Waals surface area contributed by atoms with Crippen molar-refractivity contribution in [1.29, 1.82) is 0 Å². The number of hydrogen-bond donors (Lipinski definition) is 1. The molecule has 0 aromatic heterocycles. The first-order valence-corrected chi connectivity index (χ1v) is 4.54. The second kappa shape index (κ2) is 3.78. The number of aliphatic hydroxyl groups is 1. The molecule has 0 aromatic carbocycles. The molecule has 1 aliphatic rings. The van der Waals surface area contributed by atoms with Gasteiger partial charge in [0.05, 0.1) is 19.3 Å². The van der Waals surface area contributed by atoms with Crippen LogP contribution < -0.4 is 0 Å². The van der Waals surface area contributed by atoms with Gasteiger partial charge in [-0.1, -0.05) is 12.2 Å². The molecular weight excluding hydrogens is 168 g/mol. The molecule has 1 aliphatic heterocycles. The van der Waals surface area contributed by atoms with Gasteiger partial charge >= 0.3 is 0 Å². The highest BCUT2D eigenvalue weighted by Crippen LogP contribution is 2.29. The van der Waals surface area contributed by atoms with Crippen LogP contribution in [0.1, 0.15) is 20.8 Å². The zero-order valence-corrected chi connectivity index (χ0v) is 8.54. The van der Waals surface area contributed by atoms with E-state index in [1.807, 2.05) is 20.8 Å². The molecule has 0 unspecified atom stereocenters. The molecular formula is C10H18O3. The van der Waals surface area contributed by atoms with Crippen LogP contribution in [0.25, 0.3) is 0 Å². The van der Waals surface area contributed by atoms with Gasteiger partial charge in [-0.05, 0) is 20.8 Å². The Balaban J connectivity index is 2.66. The van der Waals surface area contributed by atoms with Gasteiger partial charge in [0.25, 0.3) is 0 Å². The number of hydrogen-bond acceptors (Lipinski definition) is 3. The van der Waals surface area contributed by atoms with Crippen molar-refractivity contribution in [3.63, 3.8) is 0 Å². The molecule has 3 nitrogen and oxygen atoms in total. The highest BCUT2D eigenvalue weighted by molar-refractivity contribution is 5.01. The molecule has 1 N–H and O–H groups in total. The van der Waals surface area contributed by atoms with Crippen molar-refractivity contribution in [1.82, 2.24) is 0 Å². The Hall–Kier alpha value is -0.380. The van der Waals surface area contributed by atoms with Crippen LogP contribution in [0.2, 0.25) is 0 Å². The lowest BCUT2D eigenvalue weighted by Gasteiger charge is -2.40. The summed E-state index contributed by atoms with van der Waals surface area (Å²) in [5, 5.41) is 9.12. The fourth-order valence-corrected chi connectivity index (χ4v) is 1.50. The molecule has 1 fully saturated rings. The first-order chi connectivity index (χ1) is 5.96. The zero-order valence-electron chi connectivity index (χ0n) is 8.54. The molecule has 0 aliphatic carbocycles. The Labute approximate surface area is 79.3 Å². The van der Waals surface area contributed by atoms with E-state index in [0.29, 0.717) is 6.61 Å². The predicted molar refractivity (Wildman–Crippen MR) is 50.3 cm³/mol. The maximum Gasteiger partial charge on any atom is 0.163 e. The Bertz CT molecular complexity index is 198. The molecule has 13 heavy (non-hydrogen) atoms. The van der Waals surface area contributed by atoms with Gasteiger partial charge in [0.1, 0.15) is 0 Å². The van der Waals surface area contributed by atoms with E-state index in [-0.39, 0.29) is 18.6 Å². The van der Waals surface area contributed by atoms with E-state index < -0.39 is 5.79 Å². The maximum atomic E-state index is 9.12. The average molecular weight is 186 g/mol. The van der Waals surface area contributed by atoms with Crippen molar-refractivity contribution >= 4 is 0 Å². The topological polar surface area (TPSA) is 38.7 Å².